The lowest BCUT2D eigenvalue weighted by molar-refractivity contribution is -0.145. The summed E-state index contributed by atoms with van der Waals surface area (Å²) in [4.78, 5) is 29.7. The molecular formula is C26H36N2O6. The van der Waals surface area contributed by atoms with Crippen LogP contribution in [-0.2, 0) is 27.3 Å². The SMILES string of the molecule is COCCN(CC(=O)N(CCc1ccc(OC)c(OC)c1)Cc1ccc(C)o1)C(=O)C1CCC1. The summed E-state index contributed by atoms with van der Waals surface area (Å²) in [7, 11) is 4.80. The molecule has 0 N–H and O–H groups in total. The van der Waals surface area contributed by atoms with Crippen LogP contribution in [0.15, 0.2) is 34.7 Å². The quantitative estimate of drug-likeness (QED) is 0.444. The lowest BCUT2D eigenvalue weighted by Gasteiger charge is -2.32. The second-order valence-electron chi connectivity index (χ2n) is 8.65. The van der Waals surface area contributed by atoms with Crippen LogP contribution in [0.4, 0.5) is 0 Å². The van der Waals surface area contributed by atoms with Gasteiger partial charge in [-0.2, -0.15) is 0 Å². The van der Waals surface area contributed by atoms with Crippen molar-refractivity contribution in [2.75, 3.05) is 47.6 Å². The lowest BCUT2D eigenvalue weighted by Crippen LogP contribution is -2.47. The molecule has 1 heterocycles. The van der Waals surface area contributed by atoms with Crippen molar-refractivity contribution >= 4 is 11.8 Å². The molecule has 0 aliphatic heterocycles. The van der Waals surface area contributed by atoms with Crippen molar-refractivity contribution in [1.29, 1.82) is 0 Å². The molecule has 34 heavy (non-hydrogen) atoms. The van der Waals surface area contributed by atoms with Gasteiger partial charge in [0.15, 0.2) is 11.5 Å². The summed E-state index contributed by atoms with van der Waals surface area (Å²) < 4.78 is 21.6. The molecular weight excluding hydrogens is 436 g/mol. The van der Waals surface area contributed by atoms with Gasteiger partial charge in [0.1, 0.15) is 11.5 Å². The Labute approximate surface area is 201 Å². The lowest BCUT2D eigenvalue weighted by atomic mass is 9.84. The fourth-order valence-electron chi connectivity index (χ4n) is 4.00. The molecule has 0 atom stereocenters. The highest BCUT2D eigenvalue weighted by Gasteiger charge is 2.31. The second-order valence-corrected chi connectivity index (χ2v) is 8.65. The number of rotatable bonds is 13. The molecule has 0 spiro atoms. The molecule has 0 bridgehead atoms. The topological polar surface area (TPSA) is 81.5 Å². The zero-order chi connectivity index (χ0) is 24.5. The van der Waals surface area contributed by atoms with E-state index in [-0.39, 0.29) is 24.3 Å². The van der Waals surface area contributed by atoms with Crippen LogP contribution < -0.4 is 9.47 Å². The summed E-state index contributed by atoms with van der Waals surface area (Å²) in [5.74, 6) is 2.78. The van der Waals surface area contributed by atoms with Gasteiger partial charge in [0.2, 0.25) is 11.8 Å². The second kappa shape index (κ2) is 12.5. The number of hydrogen-bond donors (Lipinski definition) is 0. The Balaban J connectivity index is 1.72. The summed E-state index contributed by atoms with van der Waals surface area (Å²) in [6, 6.07) is 9.52. The van der Waals surface area contributed by atoms with E-state index in [2.05, 4.69) is 0 Å². The minimum Gasteiger partial charge on any atom is -0.493 e. The zero-order valence-corrected chi connectivity index (χ0v) is 20.7. The van der Waals surface area contributed by atoms with E-state index in [0.29, 0.717) is 49.9 Å². The van der Waals surface area contributed by atoms with Crippen molar-refractivity contribution in [2.45, 2.75) is 39.2 Å². The number of carbonyl (C=O) groups excluding carboxylic acids is 2. The first-order chi connectivity index (χ1) is 16.4. The third-order valence-electron chi connectivity index (χ3n) is 6.27. The van der Waals surface area contributed by atoms with Gasteiger partial charge in [-0.05, 0) is 56.0 Å². The van der Waals surface area contributed by atoms with E-state index in [9.17, 15) is 9.59 Å². The van der Waals surface area contributed by atoms with Gasteiger partial charge in [-0.3, -0.25) is 9.59 Å². The molecule has 1 aliphatic carbocycles. The minimum atomic E-state index is -0.113. The summed E-state index contributed by atoms with van der Waals surface area (Å²) >= 11 is 0. The fourth-order valence-corrected chi connectivity index (χ4v) is 4.00. The number of ether oxygens (including phenoxy) is 3. The van der Waals surface area contributed by atoms with Crippen molar-refractivity contribution in [3.05, 3.63) is 47.4 Å². The van der Waals surface area contributed by atoms with Gasteiger partial charge in [-0.1, -0.05) is 12.5 Å². The summed E-state index contributed by atoms with van der Waals surface area (Å²) in [6.45, 7) is 3.53. The van der Waals surface area contributed by atoms with Crippen LogP contribution in [0.1, 0.15) is 36.3 Å². The number of methoxy groups -OCH3 is 3. The van der Waals surface area contributed by atoms with Crippen LogP contribution in [0.5, 0.6) is 11.5 Å². The van der Waals surface area contributed by atoms with Crippen LogP contribution >= 0.6 is 0 Å². The van der Waals surface area contributed by atoms with Crippen molar-refractivity contribution < 1.29 is 28.2 Å². The van der Waals surface area contributed by atoms with Gasteiger partial charge in [-0.15, -0.1) is 0 Å². The number of furan rings is 1. The normalized spacial score (nSPS) is 13.3. The first-order valence-corrected chi connectivity index (χ1v) is 11.8. The van der Waals surface area contributed by atoms with Crippen molar-refractivity contribution in [1.82, 2.24) is 9.80 Å². The molecule has 186 valence electrons. The molecule has 8 nitrogen and oxygen atoms in total. The van der Waals surface area contributed by atoms with E-state index in [1.807, 2.05) is 37.3 Å². The first kappa shape index (κ1) is 25.6. The number of hydrogen-bond acceptors (Lipinski definition) is 6. The van der Waals surface area contributed by atoms with Crippen molar-refractivity contribution in [3.63, 3.8) is 0 Å². The Morgan fingerprint density at radius 2 is 1.76 bits per heavy atom. The van der Waals surface area contributed by atoms with Crippen LogP contribution in [-0.4, -0.2) is 69.2 Å². The number of amides is 2. The molecule has 1 aromatic heterocycles. The monoisotopic (exact) mass is 472 g/mol. The van der Waals surface area contributed by atoms with E-state index < -0.39 is 0 Å². The van der Waals surface area contributed by atoms with Gasteiger partial charge in [0.25, 0.3) is 0 Å². The summed E-state index contributed by atoms with van der Waals surface area (Å²) in [6.07, 6.45) is 3.48. The number of benzene rings is 1. The molecule has 3 rings (SSSR count). The molecule has 0 unspecified atom stereocenters. The van der Waals surface area contributed by atoms with E-state index in [4.69, 9.17) is 18.6 Å². The molecule has 1 saturated carbocycles. The van der Waals surface area contributed by atoms with Crippen LogP contribution in [0.2, 0.25) is 0 Å². The maximum Gasteiger partial charge on any atom is 0.242 e. The zero-order valence-electron chi connectivity index (χ0n) is 20.7. The molecule has 2 aromatic rings. The fraction of sp³-hybridized carbons (Fsp3) is 0.538. The van der Waals surface area contributed by atoms with Crippen LogP contribution in [0, 0.1) is 12.8 Å². The van der Waals surface area contributed by atoms with E-state index in [1.54, 1.807) is 31.1 Å². The smallest absolute Gasteiger partial charge is 0.242 e. The van der Waals surface area contributed by atoms with Gasteiger partial charge in [0.05, 0.1) is 33.9 Å². The summed E-state index contributed by atoms with van der Waals surface area (Å²) in [5, 5.41) is 0. The highest BCUT2D eigenvalue weighted by Crippen LogP contribution is 2.29. The molecule has 0 radical (unpaired) electrons. The molecule has 1 fully saturated rings. The molecule has 1 aromatic carbocycles. The molecule has 8 heteroatoms. The van der Waals surface area contributed by atoms with Gasteiger partial charge < -0.3 is 28.4 Å². The van der Waals surface area contributed by atoms with Crippen LogP contribution in [0.25, 0.3) is 0 Å². The molecule has 2 amide bonds. The number of nitrogens with zero attached hydrogens (tertiary/aromatic N) is 2. The standard InChI is InChI=1S/C26H36N2O6/c1-19-8-10-22(34-19)17-27(13-12-20-9-11-23(32-3)24(16-20)33-4)25(29)18-28(14-15-31-2)26(30)21-6-5-7-21/h8-11,16,21H,5-7,12-15,17-18H2,1-4H3. The van der Waals surface area contributed by atoms with Gasteiger partial charge in [-0.25, -0.2) is 0 Å². The average Bonchev–Trinajstić information content (AvgIpc) is 3.22. The first-order valence-electron chi connectivity index (χ1n) is 11.8. The predicted molar refractivity (Wildman–Crippen MR) is 128 cm³/mol. The van der Waals surface area contributed by atoms with Crippen LogP contribution in [0.3, 0.4) is 0 Å². The Kier molecular flexibility index (Phi) is 9.39. The highest BCUT2D eigenvalue weighted by atomic mass is 16.5. The van der Waals surface area contributed by atoms with Gasteiger partial charge in [0, 0.05) is 26.1 Å². The van der Waals surface area contributed by atoms with E-state index >= 15 is 0 Å². The minimum absolute atomic E-state index is 0.0255. The highest BCUT2D eigenvalue weighted by molar-refractivity contribution is 5.86. The van der Waals surface area contributed by atoms with E-state index in [0.717, 1.165) is 30.6 Å². The van der Waals surface area contributed by atoms with Crippen molar-refractivity contribution in [2.24, 2.45) is 5.92 Å². The Morgan fingerprint density at radius 1 is 1.00 bits per heavy atom. The number of carbonyl (C=O) groups is 2. The largest absolute Gasteiger partial charge is 0.493 e. The average molecular weight is 473 g/mol. The third kappa shape index (κ3) is 6.76. The van der Waals surface area contributed by atoms with Gasteiger partial charge >= 0.3 is 0 Å². The Bertz CT molecular complexity index is 953. The molecule has 1 aliphatic rings. The third-order valence-corrected chi connectivity index (χ3v) is 6.27. The van der Waals surface area contributed by atoms with Crippen molar-refractivity contribution in [3.8, 4) is 11.5 Å². The predicted octanol–water partition coefficient (Wildman–Crippen LogP) is 3.45. The maximum absolute atomic E-state index is 13.4. The molecule has 0 saturated heterocycles. The number of aryl methyl sites for hydroxylation is 1. The van der Waals surface area contributed by atoms with E-state index in [1.165, 1.54) is 0 Å². The Morgan fingerprint density at radius 3 is 2.35 bits per heavy atom. The maximum atomic E-state index is 13.4. The Hall–Kier alpha value is -3.00. The summed E-state index contributed by atoms with van der Waals surface area (Å²) in [5.41, 5.74) is 1.02.